The van der Waals surface area contributed by atoms with Gasteiger partial charge < -0.3 is 26.0 Å². The Bertz CT molecular complexity index is 686. The molecule has 0 saturated carbocycles. The van der Waals surface area contributed by atoms with Gasteiger partial charge in [0.15, 0.2) is 5.96 Å². The maximum Gasteiger partial charge on any atom is 0.314 e. The molecular weight excluding hydrogens is 366 g/mol. The summed E-state index contributed by atoms with van der Waals surface area (Å²) in [6.45, 7) is 5.73. The number of aliphatic imine (C=N–C) groups is 1. The second-order valence-corrected chi connectivity index (χ2v) is 7.81. The van der Waals surface area contributed by atoms with Gasteiger partial charge in [0.05, 0.1) is 6.10 Å². The summed E-state index contributed by atoms with van der Waals surface area (Å²) in [7, 11) is 0. The predicted octanol–water partition coefficient (Wildman–Crippen LogP) is 2.57. The molecule has 2 aliphatic rings. The molecule has 1 aliphatic heterocycles. The highest BCUT2D eigenvalue weighted by molar-refractivity contribution is 5.80. The number of urea groups is 1. The van der Waals surface area contributed by atoms with Crippen LogP contribution in [0.15, 0.2) is 29.3 Å². The van der Waals surface area contributed by atoms with Gasteiger partial charge in [-0.05, 0) is 56.6 Å². The van der Waals surface area contributed by atoms with Gasteiger partial charge in [0.25, 0.3) is 0 Å². The Balaban J connectivity index is 1.40. The number of aryl methyl sites for hydroxylation is 1. The van der Waals surface area contributed by atoms with Gasteiger partial charge in [0, 0.05) is 38.8 Å². The van der Waals surface area contributed by atoms with E-state index in [0.29, 0.717) is 19.1 Å². The number of carbonyl (C=O) groups excluding carboxylic acids is 1. The smallest absolute Gasteiger partial charge is 0.314 e. The van der Waals surface area contributed by atoms with Crippen LogP contribution in [-0.4, -0.2) is 55.7 Å². The number of hydrogen-bond donors (Lipinski definition) is 3. The Labute approximate surface area is 174 Å². The summed E-state index contributed by atoms with van der Waals surface area (Å²) in [5, 5.41) is 6.80. The lowest BCUT2D eigenvalue weighted by Crippen LogP contribution is -2.50. The van der Waals surface area contributed by atoms with Crippen LogP contribution >= 0.6 is 0 Å². The maximum atomic E-state index is 11.3. The van der Waals surface area contributed by atoms with Crippen molar-refractivity contribution in [1.82, 2.24) is 15.5 Å². The van der Waals surface area contributed by atoms with E-state index in [0.717, 1.165) is 57.8 Å². The van der Waals surface area contributed by atoms with E-state index < -0.39 is 0 Å². The molecule has 2 amide bonds. The first-order chi connectivity index (χ1) is 14.2. The number of ether oxygens (including phenoxy) is 1. The van der Waals surface area contributed by atoms with E-state index in [1.807, 2.05) is 0 Å². The van der Waals surface area contributed by atoms with E-state index in [4.69, 9.17) is 15.5 Å². The van der Waals surface area contributed by atoms with Crippen LogP contribution in [0.2, 0.25) is 0 Å². The third-order valence-electron chi connectivity index (χ3n) is 5.70. The number of likely N-dealkylation sites (tertiary alicyclic amines) is 1. The Morgan fingerprint density at radius 2 is 2.07 bits per heavy atom. The average molecular weight is 402 g/mol. The number of fused-ring (bicyclic) bond motifs is 1. The molecule has 7 heteroatoms. The van der Waals surface area contributed by atoms with E-state index >= 15 is 0 Å². The monoisotopic (exact) mass is 401 g/mol. The van der Waals surface area contributed by atoms with Crippen molar-refractivity contribution in [3.63, 3.8) is 0 Å². The molecule has 1 heterocycles. The topological polar surface area (TPSA) is 92.0 Å². The number of rotatable bonds is 7. The number of nitrogens with zero attached hydrogens (tertiary/aromatic N) is 2. The van der Waals surface area contributed by atoms with Crippen molar-refractivity contribution in [2.45, 2.75) is 57.6 Å². The fourth-order valence-corrected chi connectivity index (χ4v) is 4.12. The van der Waals surface area contributed by atoms with Crippen molar-refractivity contribution in [2.75, 3.05) is 32.8 Å². The van der Waals surface area contributed by atoms with E-state index in [1.165, 1.54) is 17.5 Å². The minimum Gasteiger partial charge on any atom is -0.373 e. The summed E-state index contributed by atoms with van der Waals surface area (Å²) in [5.41, 5.74) is 8.15. The summed E-state index contributed by atoms with van der Waals surface area (Å²) in [6, 6.07) is 8.63. The number of carbonyl (C=O) groups is 1. The van der Waals surface area contributed by atoms with E-state index in [1.54, 1.807) is 4.90 Å². The quantitative estimate of drug-likeness (QED) is 0.372. The van der Waals surface area contributed by atoms with Gasteiger partial charge in [0.1, 0.15) is 0 Å². The van der Waals surface area contributed by atoms with Crippen LogP contribution in [0.1, 0.15) is 56.3 Å². The number of benzene rings is 1. The number of guanidine groups is 1. The summed E-state index contributed by atoms with van der Waals surface area (Å²) < 4.78 is 6.18. The van der Waals surface area contributed by atoms with Crippen molar-refractivity contribution >= 4 is 12.0 Å². The normalized spacial score (nSPS) is 20.2. The number of nitrogens with one attached hydrogen (secondary N) is 2. The Morgan fingerprint density at radius 1 is 1.28 bits per heavy atom. The highest BCUT2D eigenvalue weighted by Crippen LogP contribution is 2.32. The molecule has 0 spiro atoms. The molecular formula is C22H35N5O2. The lowest BCUT2D eigenvalue weighted by molar-refractivity contribution is 0.0403. The summed E-state index contributed by atoms with van der Waals surface area (Å²) in [6.07, 6.45) is 6.36. The molecule has 1 aromatic carbocycles. The molecule has 4 N–H and O–H groups in total. The van der Waals surface area contributed by atoms with E-state index in [9.17, 15) is 4.79 Å². The number of piperidine rings is 1. The zero-order chi connectivity index (χ0) is 20.5. The Hall–Kier alpha value is -2.28. The van der Waals surface area contributed by atoms with Crippen LogP contribution in [0.25, 0.3) is 0 Å². The highest BCUT2D eigenvalue weighted by Gasteiger charge is 2.22. The number of amides is 2. The first kappa shape index (κ1) is 21.4. The highest BCUT2D eigenvalue weighted by atomic mass is 16.5. The van der Waals surface area contributed by atoms with Crippen LogP contribution in [0.3, 0.4) is 0 Å². The summed E-state index contributed by atoms with van der Waals surface area (Å²) in [4.78, 5) is 17.6. The summed E-state index contributed by atoms with van der Waals surface area (Å²) in [5.74, 6) is 0.841. The van der Waals surface area contributed by atoms with E-state index in [-0.39, 0.29) is 12.1 Å². The minimum atomic E-state index is -0.329. The largest absolute Gasteiger partial charge is 0.373 e. The zero-order valence-electron chi connectivity index (χ0n) is 17.5. The molecule has 1 aromatic rings. The first-order valence-electron chi connectivity index (χ1n) is 11.0. The van der Waals surface area contributed by atoms with Gasteiger partial charge >= 0.3 is 6.03 Å². The molecule has 1 saturated heterocycles. The van der Waals surface area contributed by atoms with Gasteiger partial charge in [-0.15, -0.1) is 0 Å². The minimum absolute atomic E-state index is 0.228. The van der Waals surface area contributed by atoms with Crippen molar-refractivity contribution < 1.29 is 9.53 Å². The summed E-state index contributed by atoms with van der Waals surface area (Å²) >= 11 is 0. The van der Waals surface area contributed by atoms with Crippen LogP contribution in [0, 0.1) is 0 Å². The second-order valence-electron chi connectivity index (χ2n) is 7.81. The Kier molecular flexibility index (Phi) is 8.16. The fourth-order valence-electron chi connectivity index (χ4n) is 4.12. The zero-order valence-corrected chi connectivity index (χ0v) is 17.5. The van der Waals surface area contributed by atoms with Gasteiger partial charge in [-0.1, -0.05) is 24.3 Å². The molecule has 0 aromatic heterocycles. The fraction of sp³-hybridized carbons (Fsp3) is 0.636. The third kappa shape index (κ3) is 6.35. The maximum absolute atomic E-state index is 11.3. The van der Waals surface area contributed by atoms with Gasteiger partial charge in [-0.2, -0.15) is 0 Å². The lowest BCUT2D eigenvalue weighted by atomic mass is 9.89. The molecule has 7 nitrogen and oxygen atoms in total. The van der Waals surface area contributed by atoms with Crippen molar-refractivity contribution in [1.29, 1.82) is 0 Å². The molecule has 0 bridgehead atoms. The molecule has 1 fully saturated rings. The van der Waals surface area contributed by atoms with Crippen LogP contribution in [-0.2, 0) is 11.2 Å². The van der Waals surface area contributed by atoms with Gasteiger partial charge in [-0.3, -0.25) is 4.99 Å². The SMILES string of the molecule is CCNC(=NCCCOC1CCCc2ccccc21)NC1CCN(C(N)=O)CC1. The lowest BCUT2D eigenvalue weighted by Gasteiger charge is -2.32. The van der Waals surface area contributed by atoms with E-state index in [2.05, 4.69) is 41.8 Å². The first-order valence-corrected chi connectivity index (χ1v) is 11.0. The standard InChI is InChI=1S/C22H35N5O2/c1-2-24-22(26-18-11-14-27(15-12-18)21(23)28)25-13-6-16-29-20-10-5-8-17-7-3-4-9-19(17)20/h3-4,7,9,18,20H,2,5-6,8,10-16H2,1H3,(H2,23,28)(H2,24,25,26). The van der Waals surface area contributed by atoms with Crippen molar-refractivity contribution in [3.05, 3.63) is 35.4 Å². The number of primary amides is 1. The predicted molar refractivity (Wildman–Crippen MR) is 116 cm³/mol. The molecule has 1 aliphatic carbocycles. The number of hydrogen-bond acceptors (Lipinski definition) is 3. The van der Waals surface area contributed by atoms with Crippen molar-refractivity contribution in [2.24, 2.45) is 10.7 Å². The number of nitrogens with two attached hydrogens (primary N) is 1. The average Bonchev–Trinajstić information content (AvgIpc) is 2.74. The molecule has 160 valence electrons. The third-order valence-corrected chi connectivity index (χ3v) is 5.70. The molecule has 0 radical (unpaired) electrons. The molecule has 1 unspecified atom stereocenters. The van der Waals surface area contributed by atoms with Crippen LogP contribution in [0.4, 0.5) is 4.79 Å². The molecule has 29 heavy (non-hydrogen) atoms. The Morgan fingerprint density at radius 3 is 2.83 bits per heavy atom. The van der Waals surface area contributed by atoms with Crippen molar-refractivity contribution in [3.8, 4) is 0 Å². The second kappa shape index (κ2) is 11.0. The molecule has 1 atom stereocenters. The van der Waals surface area contributed by atoms with Gasteiger partial charge in [-0.25, -0.2) is 4.79 Å². The molecule has 3 rings (SSSR count). The van der Waals surface area contributed by atoms with Crippen LogP contribution < -0.4 is 16.4 Å². The van der Waals surface area contributed by atoms with Crippen LogP contribution in [0.5, 0.6) is 0 Å². The van der Waals surface area contributed by atoms with Gasteiger partial charge in [0.2, 0.25) is 0 Å².